The summed E-state index contributed by atoms with van der Waals surface area (Å²) in [5.41, 5.74) is 0.796. The zero-order valence-corrected chi connectivity index (χ0v) is 12.1. The Balaban J connectivity index is 2.40. The topological polar surface area (TPSA) is 38.3 Å². The lowest BCUT2D eigenvalue weighted by molar-refractivity contribution is -0.121. The van der Waals surface area contributed by atoms with Gasteiger partial charge in [0.1, 0.15) is 5.82 Å². The van der Waals surface area contributed by atoms with E-state index in [0.717, 1.165) is 10.0 Å². The molecule has 3 nitrogen and oxygen atoms in total. The third-order valence-corrected chi connectivity index (χ3v) is 3.39. The van der Waals surface area contributed by atoms with Gasteiger partial charge in [-0.25, -0.2) is 4.39 Å². The number of methoxy groups -OCH3 is 1. The highest BCUT2D eigenvalue weighted by atomic mass is 79.9. The standard InChI is InChI=1S/C13H17BrFNO2/c1-9(18-2)8-16-13(17)6-3-10-7-11(15)4-5-12(10)14/h4-5,7,9H,3,6,8H2,1-2H3,(H,16,17)/t9-/m0/s1. The average Bonchev–Trinajstić information content (AvgIpc) is 2.36. The van der Waals surface area contributed by atoms with E-state index >= 15 is 0 Å². The van der Waals surface area contributed by atoms with E-state index in [-0.39, 0.29) is 17.8 Å². The number of hydrogen-bond donors (Lipinski definition) is 1. The van der Waals surface area contributed by atoms with Gasteiger partial charge in [-0.2, -0.15) is 0 Å². The van der Waals surface area contributed by atoms with Gasteiger partial charge in [0.25, 0.3) is 0 Å². The Hall–Kier alpha value is -0.940. The lowest BCUT2D eigenvalue weighted by Gasteiger charge is -2.11. The minimum Gasteiger partial charge on any atom is -0.380 e. The molecular weight excluding hydrogens is 301 g/mol. The van der Waals surface area contributed by atoms with Gasteiger partial charge in [-0.3, -0.25) is 4.79 Å². The molecule has 0 radical (unpaired) electrons. The molecule has 0 saturated carbocycles. The predicted octanol–water partition coefficient (Wildman–Crippen LogP) is 2.67. The van der Waals surface area contributed by atoms with Crippen molar-refractivity contribution in [3.05, 3.63) is 34.1 Å². The number of nitrogens with one attached hydrogen (secondary N) is 1. The fourth-order valence-corrected chi connectivity index (χ4v) is 1.86. The monoisotopic (exact) mass is 317 g/mol. The van der Waals surface area contributed by atoms with Crippen LogP contribution in [0.25, 0.3) is 0 Å². The number of hydrogen-bond acceptors (Lipinski definition) is 2. The molecule has 0 spiro atoms. The highest BCUT2D eigenvalue weighted by Gasteiger charge is 2.07. The van der Waals surface area contributed by atoms with Gasteiger partial charge < -0.3 is 10.1 Å². The van der Waals surface area contributed by atoms with Crippen LogP contribution >= 0.6 is 15.9 Å². The van der Waals surface area contributed by atoms with Crippen molar-refractivity contribution in [2.24, 2.45) is 0 Å². The van der Waals surface area contributed by atoms with Gasteiger partial charge in [-0.15, -0.1) is 0 Å². The van der Waals surface area contributed by atoms with E-state index in [4.69, 9.17) is 4.74 Å². The first kappa shape index (κ1) is 15.1. The van der Waals surface area contributed by atoms with Crippen molar-refractivity contribution in [1.82, 2.24) is 5.32 Å². The summed E-state index contributed by atoms with van der Waals surface area (Å²) in [5.74, 6) is -0.350. The van der Waals surface area contributed by atoms with E-state index in [2.05, 4.69) is 21.2 Å². The zero-order chi connectivity index (χ0) is 13.5. The molecule has 1 atom stereocenters. The van der Waals surface area contributed by atoms with E-state index in [1.54, 1.807) is 13.2 Å². The Morgan fingerprint density at radius 1 is 1.56 bits per heavy atom. The molecule has 0 saturated heterocycles. The summed E-state index contributed by atoms with van der Waals surface area (Å²) in [6.45, 7) is 2.36. The predicted molar refractivity (Wildman–Crippen MR) is 71.9 cm³/mol. The van der Waals surface area contributed by atoms with Gasteiger partial charge >= 0.3 is 0 Å². The van der Waals surface area contributed by atoms with Crippen molar-refractivity contribution in [2.45, 2.75) is 25.9 Å². The van der Waals surface area contributed by atoms with Crippen molar-refractivity contribution in [3.8, 4) is 0 Å². The number of carbonyl (C=O) groups is 1. The SMILES string of the molecule is CO[C@@H](C)CNC(=O)CCc1cc(F)ccc1Br. The second-order valence-corrected chi connectivity index (χ2v) is 4.94. The van der Waals surface area contributed by atoms with E-state index < -0.39 is 0 Å². The molecule has 1 rings (SSSR count). The zero-order valence-electron chi connectivity index (χ0n) is 10.5. The Morgan fingerprint density at radius 3 is 2.94 bits per heavy atom. The summed E-state index contributed by atoms with van der Waals surface area (Å²) in [4.78, 5) is 11.6. The van der Waals surface area contributed by atoms with Gasteiger partial charge in [-0.05, 0) is 37.1 Å². The third kappa shape index (κ3) is 5.14. The van der Waals surface area contributed by atoms with Crippen LogP contribution in [-0.4, -0.2) is 25.7 Å². The minimum atomic E-state index is -0.290. The summed E-state index contributed by atoms with van der Waals surface area (Å²) in [5, 5.41) is 2.76. The first-order chi connectivity index (χ1) is 8.52. The molecule has 0 aliphatic carbocycles. The van der Waals surface area contributed by atoms with E-state index in [1.807, 2.05) is 6.92 Å². The van der Waals surface area contributed by atoms with Crippen molar-refractivity contribution >= 4 is 21.8 Å². The van der Waals surface area contributed by atoms with Crippen LogP contribution in [0.15, 0.2) is 22.7 Å². The minimum absolute atomic E-state index is 0.00476. The van der Waals surface area contributed by atoms with Crippen molar-refractivity contribution < 1.29 is 13.9 Å². The third-order valence-electron chi connectivity index (χ3n) is 2.62. The maximum absolute atomic E-state index is 13.0. The number of ether oxygens (including phenoxy) is 1. The van der Waals surface area contributed by atoms with Gasteiger partial charge in [0.15, 0.2) is 0 Å². The lowest BCUT2D eigenvalue weighted by Crippen LogP contribution is -2.31. The molecule has 1 aromatic carbocycles. The number of carbonyl (C=O) groups excluding carboxylic acids is 1. The molecule has 1 N–H and O–H groups in total. The summed E-state index contributed by atoms with van der Waals surface area (Å²) in [7, 11) is 1.60. The van der Waals surface area contributed by atoms with E-state index in [9.17, 15) is 9.18 Å². The normalized spacial score (nSPS) is 12.2. The molecule has 1 amide bonds. The van der Waals surface area contributed by atoms with Crippen LogP contribution < -0.4 is 5.32 Å². The number of halogens is 2. The molecule has 0 aliphatic heterocycles. The number of rotatable bonds is 6. The quantitative estimate of drug-likeness (QED) is 0.876. The second-order valence-electron chi connectivity index (χ2n) is 4.09. The summed E-state index contributed by atoms with van der Waals surface area (Å²) in [6, 6.07) is 4.47. The molecular formula is C13H17BrFNO2. The Morgan fingerprint density at radius 2 is 2.28 bits per heavy atom. The summed E-state index contributed by atoms with van der Waals surface area (Å²) < 4.78 is 18.9. The van der Waals surface area contributed by atoms with Crippen LogP contribution in [0, 0.1) is 5.82 Å². The molecule has 0 heterocycles. The van der Waals surface area contributed by atoms with Gasteiger partial charge in [0.2, 0.25) is 5.91 Å². The number of amides is 1. The molecule has 0 fully saturated rings. The van der Waals surface area contributed by atoms with Crippen molar-refractivity contribution in [3.63, 3.8) is 0 Å². The Kier molecular flexibility index (Phi) is 6.29. The highest BCUT2D eigenvalue weighted by Crippen LogP contribution is 2.19. The first-order valence-corrected chi connectivity index (χ1v) is 6.55. The molecule has 5 heteroatoms. The largest absolute Gasteiger partial charge is 0.380 e. The van der Waals surface area contributed by atoms with Crippen LogP contribution in [0.3, 0.4) is 0 Å². The van der Waals surface area contributed by atoms with E-state index in [1.165, 1.54) is 12.1 Å². The van der Waals surface area contributed by atoms with Crippen LogP contribution in [0.4, 0.5) is 4.39 Å². The summed E-state index contributed by atoms with van der Waals surface area (Å²) in [6.07, 6.45) is 0.833. The Labute approximate surface area is 115 Å². The van der Waals surface area contributed by atoms with Crippen molar-refractivity contribution in [2.75, 3.05) is 13.7 Å². The number of aryl methyl sites for hydroxylation is 1. The molecule has 1 aromatic rings. The maximum atomic E-state index is 13.0. The van der Waals surface area contributed by atoms with Crippen molar-refractivity contribution in [1.29, 1.82) is 0 Å². The molecule has 0 unspecified atom stereocenters. The number of benzene rings is 1. The molecule has 0 bridgehead atoms. The smallest absolute Gasteiger partial charge is 0.220 e. The maximum Gasteiger partial charge on any atom is 0.220 e. The lowest BCUT2D eigenvalue weighted by atomic mass is 10.1. The Bertz CT molecular complexity index is 412. The average molecular weight is 318 g/mol. The van der Waals surface area contributed by atoms with Crippen LogP contribution in [0.2, 0.25) is 0 Å². The highest BCUT2D eigenvalue weighted by molar-refractivity contribution is 9.10. The molecule has 0 aliphatic rings. The fourth-order valence-electron chi connectivity index (χ4n) is 1.41. The molecule has 18 heavy (non-hydrogen) atoms. The molecule has 0 aromatic heterocycles. The summed E-state index contributed by atoms with van der Waals surface area (Å²) >= 11 is 3.34. The van der Waals surface area contributed by atoms with Crippen LogP contribution in [0.1, 0.15) is 18.9 Å². The van der Waals surface area contributed by atoms with Gasteiger partial charge in [-0.1, -0.05) is 15.9 Å². The van der Waals surface area contributed by atoms with Gasteiger partial charge in [0.05, 0.1) is 6.10 Å². The van der Waals surface area contributed by atoms with Crippen LogP contribution in [-0.2, 0) is 16.0 Å². The van der Waals surface area contributed by atoms with E-state index in [0.29, 0.717) is 19.4 Å². The molecule has 100 valence electrons. The van der Waals surface area contributed by atoms with Crippen LogP contribution in [0.5, 0.6) is 0 Å². The second kappa shape index (κ2) is 7.48. The van der Waals surface area contributed by atoms with Gasteiger partial charge in [0, 0.05) is 24.5 Å². The first-order valence-electron chi connectivity index (χ1n) is 5.76. The fraction of sp³-hybridized carbons (Fsp3) is 0.462.